The third-order valence-electron chi connectivity index (χ3n) is 3.75. The Kier molecular flexibility index (Phi) is 4.11. The fourth-order valence-corrected chi connectivity index (χ4v) is 2.78. The van der Waals surface area contributed by atoms with Gasteiger partial charge in [0.15, 0.2) is 0 Å². The molecule has 1 aliphatic carbocycles. The van der Waals surface area contributed by atoms with Crippen molar-refractivity contribution in [1.82, 2.24) is 5.32 Å². The normalized spacial score (nSPS) is 16.0. The molecule has 2 aromatic rings. The van der Waals surface area contributed by atoms with Gasteiger partial charge in [-0.15, -0.1) is 0 Å². The van der Waals surface area contributed by atoms with Crippen LogP contribution in [0.5, 0.6) is 0 Å². The maximum absolute atomic E-state index is 12.0. The number of hydrogen-bond donors (Lipinski definition) is 2. The molecular weight excluding hydrogens is 300 g/mol. The summed E-state index contributed by atoms with van der Waals surface area (Å²) in [4.78, 5) is 24.0. The Balaban J connectivity index is 1.63. The third kappa shape index (κ3) is 3.12. The van der Waals surface area contributed by atoms with Gasteiger partial charge < -0.3 is 10.6 Å². The van der Waals surface area contributed by atoms with Crippen LogP contribution in [0, 0.1) is 0 Å². The predicted octanol–water partition coefficient (Wildman–Crippen LogP) is 3.08. The standard InChI is InChI=1S/C17H15ClN2O2/c18-12-6-8-13(9-7-12)19-16(21)17(22)20-15-10-5-11-3-1-2-4-14(11)15/h1-4,6-9,15H,5,10H2,(H,19,21)(H,20,22). The van der Waals surface area contributed by atoms with Crippen LogP contribution in [-0.4, -0.2) is 11.8 Å². The molecule has 112 valence electrons. The van der Waals surface area contributed by atoms with Gasteiger partial charge in [-0.25, -0.2) is 0 Å². The topological polar surface area (TPSA) is 58.2 Å². The summed E-state index contributed by atoms with van der Waals surface area (Å²) in [7, 11) is 0. The highest BCUT2D eigenvalue weighted by Crippen LogP contribution is 2.30. The minimum Gasteiger partial charge on any atom is -0.341 e. The quantitative estimate of drug-likeness (QED) is 0.837. The number of nitrogens with one attached hydrogen (secondary N) is 2. The van der Waals surface area contributed by atoms with Gasteiger partial charge in [0.2, 0.25) is 0 Å². The van der Waals surface area contributed by atoms with Crippen molar-refractivity contribution >= 4 is 29.1 Å². The van der Waals surface area contributed by atoms with Crippen molar-refractivity contribution in [3.63, 3.8) is 0 Å². The average Bonchev–Trinajstić information content (AvgIpc) is 2.93. The van der Waals surface area contributed by atoms with E-state index < -0.39 is 11.8 Å². The molecule has 1 atom stereocenters. The van der Waals surface area contributed by atoms with Gasteiger partial charge in [0.1, 0.15) is 0 Å². The summed E-state index contributed by atoms with van der Waals surface area (Å²) in [5, 5.41) is 5.92. The molecule has 0 bridgehead atoms. The number of anilines is 1. The summed E-state index contributed by atoms with van der Waals surface area (Å²) in [5.74, 6) is -1.30. The molecule has 0 saturated heterocycles. The number of carbonyl (C=O) groups is 2. The van der Waals surface area contributed by atoms with E-state index in [2.05, 4.69) is 16.7 Å². The van der Waals surface area contributed by atoms with Crippen LogP contribution in [0.1, 0.15) is 23.6 Å². The number of halogens is 1. The summed E-state index contributed by atoms with van der Waals surface area (Å²) in [6, 6.07) is 14.5. The lowest BCUT2D eigenvalue weighted by Crippen LogP contribution is -2.37. The summed E-state index contributed by atoms with van der Waals surface area (Å²) < 4.78 is 0. The van der Waals surface area contributed by atoms with Crippen LogP contribution in [0.4, 0.5) is 5.69 Å². The smallest absolute Gasteiger partial charge is 0.313 e. The van der Waals surface area contributed by atoms with E-state index in [-0.39, 0.29) is 6.04 Å². The van der Waals surface area contributed by atoms with Crippen molar-refractivity contribution < 1.29 is 9.59 Å². The minimum absolute atomic E-state index is 0.0975. The highest BCUT2D eigenvalue weighted by atomic mass is 35.5. The van der Waals surface area contributed by atoms with Gasteiger partial charge in [-0.2, -0.15) is 0 Å². The van der Waals surface area contributed by atoms with E-state index in [1.165, 1.54) is 5.56 Å². The van der Waals surface area contributed by atoms with Gasteiger partial charge in [0, 0.05) is 10.7 Å². The molecule has 2 aromatic carbocycles. The van der Waals surface area contributed by atoms with Crippen molar-refractivity contribution in [3.05, 3.63) is 64.7 Å². The fourth-order valence-electron chi connectivity index (χ4n) is 2.65. The molecule has 4 nitrogen and oxygen atoms in total. The van der Waals surface area contributed by atoms with Crippen LogP contribution in [0.3, 0.4) is 0 Å². The average molecular weight is 315 g/mol. The zero-order valence-corrected chi connectivity index (χ0v) is 12.6. The number of aryl methyl sites for hydroxylation is 1. The van der Waals surface area contributed by atoms with E-state index in [1.807, 2.05) is 18.2 Å². The van der Waals surface area contributed by atoms with E-state index in [1.54, 1.807) is 24.3 Å². The van der Waals surface area contributed by atoms with Crippen LogP contribution >= 0.6 is 11.6 Å². The molecule has 3 rings (SSSR count). The molecule has 0 fully saturated rings. The van der Waals surface area contributed by atoms with Crippen molar-refractivity contribution in [2.45, 2.75) is 18.9 Å². The molecule has 22 heavy (non-hydrogen) atoms. The summed E-state index contributed by atoms with van der Waals surface area (Å²) in [6.07, 6.45) is 1.74. The van der Waals surface area contributed by atoms with Gasteiger partial charge in [-0.3, -0.25) is 9.59 Å². The van der Waals surface area contributed by atoms with Crippen LogP contribution in [0.2, 0.25) is 5.02 Å². The number of fused-ring (bicyclic) bond motifs is 1. The molecule has 0 aliphatic heterocycles. The van der Waals surface area contributed by atoms with Gasteiger partial charge in [0.05, 0.1) is 6.04 Å². The first-order chi connectivity index (χ1) is 10.6. The minimum atomic E-state index is -0.674. The maximum Gasteiger partial charge on any atom is 0.313 e. The Morgan fingerprint density at radius 1 is 1.00 bits per heavy atom. The summed E-state index contributed by atoms with van der Waals surface area (Å²) in [5.41, 5.74) is 2.86. The molecular formula is C17H15ClN2O2. The SMILES string of the molecule is O=C(Nc1ccc(Cl)cc1)C(=O)NC1CCc2ccccc21. The monoisotopic (exact) mass is 314 g/mol. The van der Waals surface area contributed by atoms with Crippen LogP contribution < -0.4 is 10.6 Å². The Morgan fingerprint density at radius 2 is 1.73 bits per heavy atom. The van der Waals surface area contributed by atoms with Gasteiger partial charge in [-0.05, 0) is 48.2 Å². The van der Waals surface area contributed by atoms with E-state index in [4.69, 9.17) is 11.6 Å². The maximum atomic E-state index is 12.0. The Morgan fingerprint density at radius 3 is 2.50 bits per heavy atom. The zero-order chi connectivity index (χ0) is 15.5. The Hall–Kier alpha value is -2.33. The molecule has 2 N–H and O–H groups in total. The van der Waals surface area contributed by atoms with E-state index in [0.717, 1.165) is 18.4 Å². The first-order valence-corrected chi connectivity index (χ1v) is 7.46. The second-order valence-electron chi connectivity index (χ2n) is 5.22. The zero-order valence-electron chi connectivity index (χ0n) is 11.8. The first-order valence-electron chi connectivity index (χ1n) is 7.09. The fraction of sp³-hybridized carbons (Fsp3) is 0.176. The lowest BCUT2D eigenvalue weighted by molar-refractivity contribution is -0.136. The van der Waals surface area contributed by atoms with E-state index in [0.29, 0.717) is 10.7 Å². The molecule has 0 heterocycles. The number of carbonyl (C=O) groups excluding carboxylic acids is 2. The predicted molar refractivity (Wildman–Crippen MR) is 85.7 cm³/mol. The van der Waals surface area contributed by atoms with Gasteiger partial charge >= 0.3 is 11.8 Å². The van der Waals surface area contributed by atoms with Crippen LogP contribution in [-0.2, 0) is 16.0 Å². The molecule has 0 aromatic heterocycles. The summed E-state index contributed by atoms with van der Waals surface area (Å²) in [6.45, 7) is 0. The van der Waals surface area contributed by atoms with Crippen molar-refractivity contribution in [2.24, 2.45) is 0 Å². The largest absolute Gasteiger partial charge is 0.341 e. The van der Waals surface area contributed by atoms with Gasteiger partial charge in [0.25, 0.3) is 0 Å². The third-order valence-corrected chi connectivity index (χ3v) is 4.00. The lowest BCUT2D eigenvalue weighted by Gasteiger charge is -2.13. The van der Waals surface area contributed by atoms with Crippen molar-refractivity contribution in [3.8, 4) is 0 Å². The molecule has 0 spiro atoms. The number of benzene rings is 2. The van der Waals surface area contributed by atoms with E-state index >= 15 is 0 Å². The Bertz CT molecular complexity index is 713. The number of amides is 2. The number of hydrogen-bond acceptors (Lipinski definition) is 2. The van der Waals surface area contributed by atoms with Crippen LogP contribution in [0.15, 0.2) is 48.5 Å². The second-order valence-corrected chi connectivity index (χ2v) is 5.66. The number of rotatable bonds is 2. The summed E-state index contributed by atoms with van der Waals surface area (Å²) >= 11 is 5.78. The molecule has 1 aliphatic rings. The second kappa shape index (κ2) is 6.20. The Labute approximate surface area is 133 Å². The van der Waals surface area contributed by atoms with Crippen molar-refractivity contribution in [2.75, 3.05) is 5.32 Å². The van der Waals surface area contributed by atoms with Gasteiger partial charge in [-0.1, -0.05) is 35.9 Å². The first kappa shape index (κ1) is 14.6. The highest BCUT2D eigenvalue weighted by Gasteiger charge is 2.25. The molecule has 1 unspecified atom stereocenters. The molecule has 2 amide bonds. The molecule has 0 saturated carbocycles. The lowest BCUT2D eigenvalue weighted by atomic mass is 10.1. The van der Waals surface area contributed by atoms with E-state index in [9.17, 15) is 9.59 Å². The highest BCUT2D eigenvalue weighted by molar-refractivity contribution is 6.39. The van der Waals surface area contributed by atoms with Crippen LogP contribution in [0.25, 0.3) is 0 Å². The molecule has 5 heteroatoms. The molecule has 0 radical (unpaired) electrons. The van der Waals surface area contributed by atoms with Crippen molar-refractivity contribution in [1.29, 1.82) is 0 Å².